The largest absolute Gasteiger partial charge is 0.378 e. The van der Waals surface area contributed by atoms with E-state index in [9.17, 15) is 4.79 Å². The van der Waals surface area contributed by atoms with Crippen LogP contribution in [0.3, 0.4) is 0 Å². The molecule has 4 rings (SSSR count). The quantitative estimate of drug-likeness (QED) is 0.374. The maximum atomic E-state index is 12.8. The molecular weight excluding hydrogens is 496 g/mol. The van der Waals surface area contributed by atoms with Crippen LogP contribution in [0.1, 0.15) is 63.4 Å². The predicted molar refractivity (Wildman–Crippen MR) is 154 cm³/mol. The van der Waals surface area contributed by atoms with Gasteiger partial charge in [0.2, 0.25) is 5.91 Å². The minimum absolute atomic E-state index is 0. The first-order valence-electron chi connectivity index (χ1n) is 13.3. The van der Waals surface area contributed by atoms with E-state index in [1.807, 2.05) is 0 Å². The summed E-state index contributed by atoms with van der Waals surface area (Å²) in [6.07, 6.45) is 11.3. The molecule has 3 aliphatic rings. The Hall–Kier alpha value is -0.860. The van der Waals surface area contributed by atoms with Gasteiger partial charge in [0.15, 0.2) is 0 Å². The maximum Gasteiger partial charge on any atom is 0.238 e. The number of nitrogens with zero attached hydrogens (tertiary/aromatic N) is 1. The molecule has 35 heavy (non-hydrogen) atoms. The first-order chi connectivity index (χ1) is 16.7. The fourth-order valence-electron chi connectivity index (χ4n) is 5.54. The molecule has 0 unspecified atom stereocenters. The summed E-state index contributed by atoms with van der Waals surface area (Å²) in [6.45, 7) is 4.25. The SMILES string of the molecule is Cl.O=C(N[C@H](CCC1CCCCC1)C(=S)NCC1CCN(Cc2ccccc2)CC1)[C@@H]1CSCN1. The fraction of sp³-hybridized carbons (Fsp3) is 0.704. The van der Waals surface area contributed by atoms with Gasteiger partial charge < -0.3 is 10.6 Å². The maximum absolute atomic E-state index is 12.8. The topological polar surface area (TPSA) is 56.4 Å². The summed E-state index contributed by atoms with van der Waals surface area (Å²) in [5, 5.41) is 10.2. The van der Waals surface area contributed by atoms with E-state index in [-0.39, 0.29) is 30.4 Å². The number of hydrogen-bond donors (Lipinski definition) is 3. The predicted octanol–water partition coefficient (Wildman–Crippen LogP) is 4.75. The lowest BCUT2D eigenvalue weighted by Gasteiger charge is -2.33. The number of carbonyl (C=O) groups excluding carboxylic acids is 1. The highest BCUT2D eigenvalue weighted by atomic mass is 35.5. The van der Waals surface area contributed by atoms with E-state index in [0.29, 0.717) is 5.92 Å². The van der Waals surface area contributed by atoms with E-state index < -0.39 is 0 Å². The Kier molecular flexibility index (Phi) is 12.6. The summed E-state index contributed by atoms with van der Waals surface area (Å²) < 4.78 is 0. The summed E-state index contributed by atoms with van der Waals surface area (Å²) >= 11 is 7.64. The van der Waals surface area contributed by atoms with Crippen molar-refractivity contribution in [2.45, 2.75) is 76.4 Å². The molecule has 3 fully saturated rings. The number of likely N-dealkylation sites (tertiary alicyclic amines) is 1. The van der Waals surface area contributed by atoms with Crippen LogP contribution >= 0.6 is 36.4 Å². The zero-order valence-electron chi connectivity index (χ0n) is 20.9. The van der Waals surface area contributed by atoms with E-state index in [4.69, 9.17) is 12.2 Å². The van der Waals surface area contributed by atoms with Crippen LogP contribution in [-0.2, 0) is 11.3 Å². The second-order valence-electron chi connectivity index (χ2n) is 10.4. The Balaban J connectivity index is 0.00000342. The fourth-order valence-corrected chi connectivity index (χ4v) is 6.74. The van der Waals surface area contributed by atoms with E-state index in [1.54, 1.807) is 11.8 Å². The minimum atomic E-state index is -0.0843. The van der Waals surface area contributed by atoms with Crippen molar-refractivity contribution in [1.82, 2.24) is 20.9 Å². The Morgan fingerprint density at radius 1 is 1.09 bits per heavy atom. The lowest BCUT2D eigenvalue weighted by atomic mass is 9.85. The first-order valence-corrected chi connectivity index (χ1v) is 14.9. The van der Waals surface area contributed by atoms with Crippen molar-refractivity contribution in [2.24, 2.45) is 11.8 Å². The van der Waals surface area contributed by atoms with Gasteiger partial charge in [0.05, 0.1) is 17.1 Å². The number of benzene rings is 1. The molecule has 5 nitrogen and oxygen atoms in total. The van der Waals surface area contributed by atoms with Gasteiger partial charge in [-0.1, -0.05) is 74.7 Å². The van der Waals surface area contributed by atoms with Crippen LogP contribution < -0.4 is 16.0 Å². The summed E-state index contributed by atoms with van der Waals surface area (Å²) in [5.74, 6) is 3.26. The number of carbonyl (C=O) groups is 1. The van der Waals surface area contributed by atoms with Gasteiger partial charge >= 0.3 is 0 Å². The molecule has 196 valence electrons. The second-order valence-corrected chi connectivity index (χ2v) is 11.8. The number of nitrogens with one attached hydrogen (secondary N) is 3. The van der Waals surface area contributed by atoms with Crippen molar-refractivity contribution in [2.75, 3.05) is 31.3 Å². The zero-order chi connectivity index (χ0) is 23.6. The Morgan fingerprint density at radius 2 is 1.83 bits per heavy atom. The normalized spacial score (nSPS) is 22.8. The molecule has 0 bridgehead atoms. The van der Waals surface area contributed by atoms with Crippen molar-refractivity contribution in [3.8, 4) is 0 Å². The van der Waals surface area contributed by atoms with Gasteiger partial charge in [0.1, 0.15) is 0 Å². The molecule has 2 atom stereocenters. The molecule has 8 heteroatoms. The molecule has 2 heterocycles. The van der Waals surface area contributed by atoms with Gasteiger partial charge in [-0.3, -0.25) is 15.0 Å². The molecule has 0 aromatic heterocycles. The van der Waals surface area contributed by atoms with E-state index >= 15 is 0 Å². The van der Waals surface area contributed by atoms with Crippen molar-refractivity contribution in [3.63, 3.8) is 0 Å². The third-order valence-electron chi connectivity index (χ3n) is 7.78. The smallest absolute Gasteiger partial charge is 0.238 e. The number of hydrogen-bond acceptors (Lipinski definition) is 5. The molecule has 0 radical (unpaired) electrons. The average Bonchev–Trinajstić information content (AvgIpc) is 3.42. The van der Waals surface area contributed by atoms with E-state index in [1.165, 1.54) is 50.5 Å². The Labute approximate surface area is 227 Å². The third kappa shape index (κ3) is 9.51. The van der Waals surface area contributed by atoms with Crippen LogP contribution in [0.5, 0.6) is 0 Å². The lowest BCUT2D eigenvalue weighted by molar-refractivity contribution is -0.122. The third-order valence-corrected chi connectivity index (χ3v) is 9.14. The lowest BCUT2D eigenvalue weighted by Crippen LogP contribution is -2.52. The van der Waals surface area contributed by atoms with Crippen LogP contribution in [0.4, 0.5) is 0 Å². The van der Waals surface area contributed by atoms with Gasteiger partial charge in [-0.25, -0.2) is 0 Å². The number of thiocarbonyl (C=S) groups is 1. The van der Waals surface area contributed by atoms with Gasteiger partial charge in [0.25, 0.3) is 0 Å². The monoisotopic (exact) mass is 538 g/mol. The highest BCUT2D eigenvalue weighted by Crippen LogP contribution is 2.28. The van der Waals surface area contributed by atoms with Crippen LogP contribution in [0, 0.1) is 11.8 Å². The van der Waals surface area contributed by atoms with Gasteiger partial charge in [-0.05, 0) is 56.2 Å². The van der Waals surface area contributed by atoms with Crippen LogP contribution in [0.2, 0.25) is 0 Å². The van der Waals surface area contributed by atoms with Crippen LogP contribution in [-0.4, -0.2) is 59.1 Å². The molecule has 1 saturated carbocycles. The van der Waals surface area contributed by atoms with Crippen molar-refractivity contribution in [1.29, 1.82) is 0 Å². The molecule has 2 aliphatic heterocycles. The van der Waals surface area contributed by atoms with Crippen molar-refractivity contribution < 1.29 is 4.79 Å². The number of piperidine rings is 1. The zero-order valence-corrected chi connectivity index (χ0v) is 23.3. The highest BCUT2D eigenvalue weighted by molar-refractivity contribution is 7.99. The first kappa shape index (κ1) is 28.7. The van der Waals surface area contributed by atoms with Gasteiger partial charge in [0, 0.05) is 24.7 Å². The van der Waals surface area contributed by atoms with Crippen molar-refractivity contribution >= 4 is 47.3 Å². The summed E-state index contributed by atoms with van der Waals surface area (Å²) in [5.41, 5.74) is 1.40. The number of halogens is 1. The molecule has 3 N–H and O–H groups in total. The van der Waals surface area contributed by atoms with Crippen LogP contribution in [0.25, 0.3) is 0 Å². The van der Waals surface area contributed by atoms with Crippen molar-refractivity contribution in [3.05, 3.63) is 35.9 Å². The second kappa shape index (κ2) is 15.4. The summed E-state index contributed by atoms with van der Waals surface area (Å²) in [4.78, 5) is 16.2. The van der Waals surface area contributed by atoms with Crippen LogP contribution in [0.15, 0.2) is 30.3 Å². The Morgan fingerprint density at radius 3 is 2.51 bits per heavy atom. The molecule has 2 saturated heterocycles. The Bertz CT molecular complexity index is 764. The number of thioether (sulfide) groups is 1. The molecule has 1 aromatic carbocycles. The molecule has 0 spiro atoms. The van der Waals surface area contributed by atoms with E-state index in [0.717, 1.165) is 61.6 Å². The number of amides is 1. The van der Waals surface area contributed by atoms with Gasteiger partial charge in [-0.15, -0.1) is 24.2 Å². The average molecular weight is 539 g/mol. The molecule has 1 aromatic rings. The van der Waals surface area contributed by atoms with Gasteiger partial charge in [-0.2, -0.15) is 0 Å². The standard InChI is InChI=1S/C27H42N4OS2.ClH/c32-26(25-19-34-20-29-25)30-24(12-11-21-7-3-1-4-8-21)27(33)28-17-22-13-15-31(16-14-22)18-23-9-5-2-6-10-23;/h2,5-6,9-10,21-22,24-25,29H,1,3-4,7-8,11-20H2,(H,28,33)(H,30,32);1H/t24-,25+;/m1./s1. The highest BCUT2D eigenvalue weighted by Gasteiger charge is 2.27. The number of rotatable bonds is 10. The summed E-state index contributed by atoms with van der Waals surface area (Å²) in [7, 11) is 0. The minimum Gasteiger partial charge on any atom is -0.378 e. The van der Waals surface area contributed by atoms with E-state index in [2.05, 4.69) is 51.2 Å². The molecule has 1 aliphatic carbocycles. The summed E-state index contributed by atoms with van der Waals surface area (Å²) in [6, 6.07) is 10.6. The molecule has 1 amide bonds. The molecular formula is C27H43ClN4OS2.